The van der Waals surface area contributed by atoms with E-state index in [4.69, 9.17) is 5.73 Å². The van der Waals surface area contributed by atoms with Crippen molar-refractivity contribution in [2.24, 2.45) is 10.7 Å². The monoisotopic (exact) mass is 330 g/mol. The first-order chi connectivity index (χ1) is 11.6. The van der Waals surface area contributed by atoms with Gasteiger partial charge in [-0.05, 0) is 43.9 Å². The second kappa shape index (κ2) is 11.3. The quantitative estimate of drug-likeness (QED) is 0.300. The molecule has 0 fully saturated rings. The van der Waals surface area contributed by atoms with Crippen LogP contribution in [-0.2, 0) is 6.54 Å². The summed E-state index contributed by atoms with van der Waals surface area (Å²) < 4.78 is 0. The van der Waals surface area contributed by atoms with E-state index in [0.29, 0.717) is 12.1 Å². The van der Waals surface area contributed by atoms with Crippen LogP contribution in [0.5, 0.6) is 0 Å². The Labute approximate surface area is 145 Å². The van der Waals surface area contributed by atoms with Gasteiger partial charge in [-0.1, -0.05) is 24.6 Å². The first-order valence-electron chi connectivity index (χ1n) is 8.57. The topological polar surface area (TPSA) is 70.7 Å². The Kier molecular flexibility index (Phi) is 9.27. The van der Waals surface area contributed by atoms with Crippen LogP contribution in [0.25, 0.3) is 0 Å². The van der Waals surface area contributed by atoms with E-state index in [2.05, 4.69) is 35.8 Å². The number of hydrogen-bond acceptors (Lipinski definition) is 2. The van der Waals surface area contributed by atoms with Crippen molar-refractivity contribution >= 4 is 11.9 Å². The summed E-state index contributed by atoms with van der Waals surface area (Å²) in [6, 6.07) is 7.26. The van der Waals surface area contributed by atoms with E-state index in [0.717, 1.165) is 37.5 Å². The van der Waals surface area contributed by atoms with E-state index in [1.807, 2.05) is 18.2 Å². The predicted molar refractivity (Wildman–Crippen MR) is 101 cm³/mol. The second-order valence-electron chi connectivity index (χ2n) is 5.79. The molecule has 132 valence electrons. The number of nitrogens with zero attached hydrogens (tertiary/aromatic N) is 2. The van der Waals surface area contributed by atoms with E-state index in [-0.39, 0.29) is 0 Å². The van der Waals surface area contributed by atoms with Crippen LogP contribution >= 0.6 is 0 Å². The minimum absolute atomic E-state index is 0.408. The summed E-state index contributed by atoms with van der Waals surface area (Å²) in [7, 11) is 2.06. The lowest BCUT2D eigenvalue weighted by atomic mass is 10.1. The van der Waals surface area contributed by atoms with Gasteiger partial charge in [0.05, 0.1) is 6.54 Å². The Balaban J connectivity index is 2.56. The Morgan fingerprint density at radius 2 is 2.00 bits per heavy atom. The molecule has 24 heavy (non-hydrogen) atoms. The molecule has 5 nitrogen and oxygen atoms in total. The molecule has 0 aliphatic rings. The van der Waals surface area contributed by atoms with Gasteiger partial charge < -0.3 is 16.0 Å². The van der Waals surface area contributed by atoms with E-state index >= 15 is 0 Å². The van der Waals surface area contributed by atoms with Crippen LogP contribution < -0.4 is 11.1 Å². The number of rotatable bonds is 10. The SMILES string of the molecule is C=CCCCCCN(C)C(=NCc1ccc(C(N)=O)cc1)NCC. The molecule has 0 saturated heterocycles. The molecule has 0 bridgehead atoms. The number of primary amides is 1. The van der Waals surface area contributed by atoms with E-state index in [1.54, 1.807) is 12.1 Å². The van der Waals surface area contributed by atoms with Crippen molar-refractivity contribution in [1.82, 2.24) is 10.2 Å². The molecule has 0 aliphatic heterocycles. The molecule has 1 aromatic rings. The zero-order valence-corrected chi connectivity index (χ0v) is 14.9. The fourth-order valence-corrected chi connectivity index (χ4v) is 2.33. The lowest BCUT2D eigenvalue weighted by molar-refractivity contribution is 0.100. The van der Waals surface area contributed by atoms with Crippen molar-refractivity contribution in [3.05, 3.63) is 48.0 Å². The molecule has 1 rings (SSSR count). The highest BCUT2D eigenvalue weighted by Crippen LogP contribution is 2.06. The highest BCUT2D eigenvalue weighted by molar-refractivity contribution is 5.92. The maximum absolute atomic E-state index is 11.1. The molecule has 3 N–H and O–H groups in total. The molecule has 0 heterocycles. The molecule has 0 aliphatic carbocycles. The summed E-state index contributed by atoms with van der Waals surface area (Å²) >= 11 is 0. The lowest BCUT2D eigenvalue weighted by Gasteiger charge is -2.22. The van der Waals surface area contributed by atoms with E-state index in [9.17, 15) is 4.79 Å². The molecule has 0 saturated carbocycles. The number of nitrogens with two attached hydrogens (primary N) is 1. The number of nitrogens with one attached hydrogen (secondary N) is 1. The Morgan fingerprint density at radius 3 is 2.58 bits per heavy atom. The summed E-state index contributed by atoms with van der Waals surface area (Å²) in [4.78, 5) is 17.9. The van der Waals surface area contributed by atoms with Crippen LogP contribution in [0, 0.1) is 0 Å². The minimum atomic E-state index is -0.408. The van der Waals surface area contributed by atoms with Gasteiger partial charge in [-0.3, -0.25) is 4.79 Å². The van der Waals surface area contributed by atoms with Crippen molar-refractivity contribution < 1.29 is 4.79 Å². The first kappa shape index (κ1) is 19.7. The molecule has 1 aromatic carbocycles. The van der Waals surface area contributed by atoms with Crippen LogP contribution in [-0.4, -0.2) is 36.9 Å². The summed E-state index contributed by atoms with van der Waals surface area (Å²) in [5.41, 5.74) is 6.82. The number of aliphatic imine (C=N–C) groups is 1. The highest BCUT2D eigenvalue weighted by atomic mass is 16.1. The van der Waals surface area contributed by atoms with Gasteiger partial charge in [-0.2, -0.15) is 0 Å². The Morgan fingerprint density at radius 1 is 1.29 bits per heavy atom. The number of carbonyl (C=O) groups excluding carboxylic acids is 1. The van der Waals surface area contributed by atoms with Crippen molar-refractivity contribution in [2.75, 3.05) is 20.1 Å². The third-order valence-electron chi connectivity index (χ3n) is 3.75. The van der Waals surface area contributed by atoms with Crippen molar-refractivity contribution in [2.45, 2.75) is 39.2 Å². The fraction of sp³-hybridized carbons (Fsp3) is 0.474. The van der Waals surface area contributed by atoms with Crippen LogP contribution in [0.1, 0.15) is 48.5 Å². The maximum Gasteiger partial charge on any atom is 0.248 e. The van der Waals surface area contributed by atoms with Gasteiger partial charge in [0.1, 0.15) is 0 Å². The molecule has 5 heteroatoms. The largest absolute Gasteiger partial charge is 0.366 e. The second-order valence-corrected chi connectivity index (χ2v) is 5.79. The summed E-state index contributed by atoms with van der Waals surface area (Å²) in [6.45, 7) is 8.19. The number of carbonyl (C=O) groups is 1. The number of unbranched alkanes of at least 4 members (excludes halogenated alkanes) is 3. The lowest BCUT2D eigenvalue weighted by Crippen LogP contribution is -2.39. The molecule has 0 spiro atoms. The summed E-state index contributed by atoms with van der Waals surface area (Å²) in [6.07, 6.45) is 6.58. The van der Waals surface area contributed by atoms with Crippen LogP contribution in [0.15, 0.2) is 41.9 Å². The maximum atomic E-state index is 11.1. The molecule has 1 amide bonds. The zero-order chi connectivity index (χ0) is 17.8. The van der Waals surface area contributed by atoms with Crippen molar-refractivity contribution in [3.8, 4) is 0 Å². The molecule has 0 aromatic heterocycles. The van der Waals surface area contributed by atoms with E-state index in [1.165, 1.54) is 12.8 Å². The van der Waals surface area contributed by atoms with Gasteiger partial charge >= 0.3 is 0 Å². The van der Waals surface area contributed by atoms with Crippen molar-refractivity contribution in [3.63, 3.8) is 0 Å². The number of benzene rings is 1. The van der Waals surface area contributed by atoms with E-state index < -0.39 is 5.91 Å². The third kappa shape index (κ3) is 7.31. The fourth-order valence-electron chi connectivity index (χ4n) is 2.33. The number of allylic oxidation sites excluding steroid dienone is 1. The van der Waals surface area contributed by atoms with Gasteiger partial charge in [-0.25, -0.2) is 4.99 Å². The zero-order valence-electron chi connectivity index (χ0n) is 14.9. The van der Waals surface area contributed by atoms with Gasteiger partial charge in [0.15, 0.2) is 5.96 Å². The van der Waals surface area contributed by atoms with Crippen LogP contribution in [0.4, 0.5) is 0 Å². The molecule has 0 radical (unpaired) electrons. The van der Waals surface area contributed by atoms with Crippen LogP contribution in [0.2, 0.25) is 0 Å². The predicted octanol–water partition coefficient (Wildman–Crippen LogP) is 2.93. The summed E-state index contributed by atoms with van der Waals surface area (Å²) in [5, 5.41) is 3.32. The van der Waals surface area contributed by atoms with Crippen molar-refractivity contribution in [1.29, 1.82) is 0 Å². The normalized spacial score (nSPS) is 11.2. The average Bonchev–Trinajstić information content (AvgIpc) is 2.58. The Bertz CT molecular complexity index is 537. The van der Waals surface area contributed by atoms with Gasteiger partial charge in [-0.15, -0.1) is 6.58 Å². The standard InChI is InChI=1S/C19H30N4O/c1-4-6-7-8-9-14-23(3)19(21-5-2)22-15-16-10-12-17(13-11-16)18(20)24/h4,10-13H,1,5-9,14-15H2,2-3H3,(H2,20,24)(H,21,22). The number of guanidine groups is 1. The molecule has 0 atom stereocenters. The number of hydrogen-bond donors (Lipinski definition) is 2. The van der Waals surface area contributed by atoms with Crippen LogP contribution in [0.3, 0.4) is 0 Å². The third-order valence-corrected chi connectivity index (χ3v) is 3.75. The molecular formula is C19H30N4O. The number of amides is 1. The Hall–Kier alpha value is -2.30. The molecule has 0 unspecified atom stereocenters. The van der Waals surface area contributed by atoms with Gasteiger partial charge in [0, 0.05) is 25.7 Å². The highest BCUT2D eigenvalue weighted by Gasteiger charge is 2.05. The smallest absolute Gasteiger partial charge is 0.248 e. The van der Waals surface area contributed by atoms with Gasteiger partial charge in [0.25, 0.3) is 0 Å². The average molecular weight is 330 g/mol. The van der Waals surface area contributed by atoms with Gasteiger partial charge in [0.2, 0.25) is 5.91 Å². The molecular weight excluding hydrogens is 300 g/mol. The summed E-state index contributed by atoms with van der Waals surface area (Å²) in [5.74, 6) is 0.495. The first-order valence-corrected chi connectivity index (χ1v) is 8.57. The minimum Gasteiger partial charge on any atom is -0.366 e.